The van der Waals surface area contributed by atoms with Gasteiger partial charge in [-0.2, -0.15) is 0 Å². The lowest BCUT2D eigenvalue weighted by Crippen LogP contribution is -2.16. The van der Waals surface area contributed by atoms with Crippen LogP contribution in [0, 0.1) is 0 Å². The van der Waals surface area contributed by atoms with Gasteiger partial charge in [0.15, 0.2) is 11.0 Å². The fraction of sp³-hybridized carbons (Fsp3) is 0.167. The molecule has 3 rings (SSSR count). The van der Waals surface area contributed by atoms with E-state index < -0.39 is 0 Å². The molecule has 0 saturated heterocycles. The number of thiophene rings is 1. The van der Waals surface area contributed by atoms with Gasteiger partial charge in [-0.25, -0.2) is 4.63 Å². The maximum absolute atomic E-state index is 5.84. The molecule has 0 fully saturated rings. The predicted molar refractivity (Wildman–Crippen MR) is 80.3 cm³/mol. The zero-order valence-electron chi connectivity index (χ0n) is 10.1. The van der Waals surface area contributed by atoms with E-state index in [1.165, 1.54) is 4.88 Å². The SMILES string of the molecule is CN(Cc1cc(Br)cs1)c1ccc(N)c2nonc12. The average molecular weight is 339 g/mol. The van der Waals surface area contributed by atoms with E-state index in [0.717, 1.165) is 16.7 Å². The Labute approximate surface area is 122 Å². The van der Waals surface area contributed by atoms with Gasteiger partial charge in [-0.05, 0) is 44.4 Å². The van der Waals surface area contributed by atoms with Gasteiger partial charge in [-0.3, -0.25) is 0 Å². The van der Waals surface area contributed by atoms with Gasteiger partial charge in [-0.15, -0.1) is 11.3 Å². The molecule has 0 aliphatic rings. The first-order chi connectivity index (χ1) is 9.15. The summed E-state index contributed by atoms with van der Waals surface area (Å²) in [7, 11) is 2.01. The minimum absolute atomic E-state index is 0.576. The zero-order chi connectivity index (χ0) is 13.4. The number of halogens is 1. The second kappa shape index (κ2) is 4.82. The van der Waals surface area contributed by atoms with Crippen molar-refractivity contribution in [3.63, 3.8) is 0 Å². The van der Waals surface area contributed by atoms with E-state index in [1.807, 2.05) is 19.2 Å². The Morgan fingerprint density at radius 3 is 2.89 bits per heavy atom. The number of hydrogen-bond acceptors (Lipinski definition) is 6. The largest absolute Gasteiger partial charge is 0.397 e. The lowest BCUT2D eigenvalue weighted by molar-refractivity contribution is 0.315. The summed E-state index contributed by atoms with van der Waals surface area (Å²) in [6.45, 7) is 0.794. The number of fused-ring (bicyclic) bond motifs is 1. The molecule has 0 amide bonds. The van der Waals surface area contributed by atoms with Crippen molar-refractivity contribution in [2.45, 2.75) is 6.54 Å². The standard InChI is InChI=1S/C12H11BrN4OS/c1-17(5-8-4-7(13)6-19-8)10-3-2-9(14)11-12(10)16-18-15-11/h2-4,6H,5,14H2,1H3. The molecular formula is C12H11BrN4OS. The van der Waals surface area contributed by atoms with Gasteiger partial charge in [0.25, 0.3) is 0 Å². The predicted octanol–water partition coefficient (Wildman–Crippen LogP) is 3.27. The van der Waals surface area contributed by atoms with E-state index in [9.17, 15) is 0 Å². The van der Waals surface area contributed by atoms with E-state index in [-0.39, 0.29) is 0 Å². The molecule has 19 heavy (non-hydrogen) atoms. The molecule has 5 nitrogen and oxygen atoms in total. The highest BCUT2D eigenvalue weighted by molar-refractivity contribution is 9.10. The van der Waals surface area contributed by atoms with Crippen molar-refractivity contribution in [2.75, 3.05) is 17.7 Å². The normalized spacial score (nSPS) is 11.1. The summed E-state index contributed by atoms with van der Waals surface area (Å²) >= 11 is 5.17. The number of nitrogens with two attached hydrogens (primary N) is 1. The van der Waals surface area contributed by atoms with Crippen LogP contribution < -0.4 is 10.6 Å². The quantitative estimate of drug-likeness (QED) is 0.742. The maximum Gasteiger partial charge on any atom is 0.160 e. The number of anilines is 2. The molecule has 0 radical (unpaired) electrons. The van der Waals surface area contributed by atoms with Crippen LogP contribution in [0.1, 0.15) is 4.88 Å². The van der Waals surface area contributed by atoms with Crippen molar-refractivity contribution < 1.29 is 4.63 Å². The van der Waals surface area contributed by atoms with E-state index in [2.05, 4.69) is 42.6 Å². The number of benzene rings is 1. The third-order valence-corrected chi connectivity index (χ3v) is 4.53. The fourth-order valence-electron chi connectivity index (χ4n) is 1.94. The van der Waals surface area contributed by atoms with Crippen molar-refractivity contribution in [2.24, 2.45) is 0 Å². The van der Waals surface area contributed by atoms with Crippen molar-refractivity contribution in [3.05, 3.63) is 32.9 Å². The van der Waals surface area contributed by atoms with Crippen molar-refractivity contribution in [1.82, 2.24) is 10.3 Å². The molecule has 2 aromatic heterocycles. The summed E-state index contributed by atoms with van der Waals surface area (Å²) in [5.74, 6) is 0. The van der Waals surface area contributed by atoms with Crippen LogP contribution in [0.5, 0.6) is 0 Å². The monoisotopic (exact) mass is 338 g/mol. The number of nitrogen functional groups attached to an aromatic ring is 1. The molecule has 0 aliphatic heterocycles. The molecule has 0 atom stereocenters. The van der Waals surface area contributed by atoms with Gasteiger partial charge >= 0.3 is 0 Å². The van der Waals surface area contributed by atoms with Crippen LogP contribution in [0.4, 0.5) is 11.4 Å². The molecule has 0 bridgehead atoms. The Morgan fingerprint density at radius 1 is 1.37 bits per heavy atom. The molecule has 0 unspecified atom stereocenters. The van der Waals surface area contributed by atoms with Gasteiger partial charge in [0.05, 0.1) is 17.9 Å². The van der Waals surface area contributed by atoms with Crippen LogP contribution in [-0.2, 0) is 6.54 Å². The number of aromatic nitrogens is 2. The van der Waals surface area contributed by atoms with Crippen molar-refractivity contribution >= 4 is 49.7 Å². The molecule has 0 aliphatic carbocycles. The first-order valence-corrected chi connectivity index (χ1v) is 7.27. The summed E-state index contributed by atoms with van der Waals surface area (Å²) in [5, 5.41) is 9.83. The molecule has 2 N–H and O–H groups in total. The molecule has 0 saturated carbocycles. The minimum Gasteiger partial charge on any atom is -0.397 e. The third-order valence-electron chi connectivity index (χ3n) is 2.85. The highest BCUT2D eigenvalue weighted by Crippen LogP contribution is 2.29. The van der Waals surface area contributed by atoms with E-state index in [1.54, 1.807) is 11.3 Å². The number of nitrogens with zero attached hydrogens (tertiary/aromatic N) is 3. The molecule has 7 heteroatoms. The Hall–Kier alpha value is -1.60. The Morgan fingerprint density at radius 2 is 2.16 bits per heavy atom. The first kappa shape index (κ1) is 12.4. The van der Waals surface area contributed by atoms with Crippen LogP contribution in [0.2, 0.25) is 0 Å². The van der Waals surface area contributed by atoms with Gasteiger partial charge in [-0.1, -0.05) is 0 Å². The van der Waals surface area contributed by atoms with Gasteiger partial charge in [0.1, 0.15) is 0 Å². The molecular weight excluding hydrogens is 328 g/mol. The van der Waals surface area contributed by atoms with Crippen LogP contribution in [0.25, 0.3) is 11.0 Å². The molecule has 3 aromatic rings. The number of hydrogen-bond donors (Lipinski definition) is 1. The second-order valence-corrected chi connectivity index (χ2v) is 6.13. The van der Waals surface area contributed by atoms with Gasteiger partial charge in [0.2, 0.25) is 0 Å². The second-order valence-electron chi connectivity index (χ2n) is 4.22. The summed E-state index contributed by atoms with van der Waals surface area (Å²) in [6.07, 6.45) is 0. The Kier molecular flexibility index (Phi) is 3.16. The molecule has 2 heterocycles. The lowest BCUT2D eigenvalue weighted by atomic mass is 10.2. The van der Waals surface area contributed by atoms with Crippen molar-refractivity contribution in [1.29, 1.82) is 0 Å². The Bertz CT molecular complexity index is 723. The summed E-state index contributed by atoms with van der Waals surface area (Å²) in [6, 6.07) is 5.87. The van der Waals surface area contributed by atoms with E-state index >= 15 is 0 Å². The van der Waals surface area contributed by atoms with Crippen LogP contribution >= 0.6 is 27.3 Å². The topological polar surface area (TPSA) is 68.2 Å². The van der Waals surface area contributed by atoms with E-state index in [0.29, 0.717) is 16.7 Å². The molecule has 0 spiro atoms. The van der Waals surface area contributed by atoms with Crippen LogP contribution in [0.15, 0.2) is 32.7 Å². The van der Waals surface area contributed by atoms with Crippen molar-refractivity contribution in [3.8, 4) is 0 Å². The minimum atomic E-state index is 0.576. The third kappa shape index (κ3) is 2.31. The zero-order valence-corrected chi connectivity index (χ0v) is 12.5. The number of rotatable bonds is 3. The first-order valence-electron chi connectivity index (χ1n) is 5.60. The fourth-order valence-corrected chi connectivity index (χ4v) is 3.44. The van der Waals surface area contributed by atoms with Gasteiger partial charge < -0.3 is 10.6 Å². The average Bonchev–Trinajstić information content (AvgIpc) is 2.99. The summed E-state index contributed by atoms with van der Waals surface area (Å²) in [4.78, 5) is 3.36. The van der Waals surface area contributed by atoms with Gasteiger partial charge in [0, 0.05) is 21.8 Å². The Balaban J connectivity index is 1.95. The van der Waals surface area contributed by atoms with Crippen LogP contribution in [-0.4, -0.2) is 17.4 Å². The maximum atomic E-state index is 5.84. The lowest BCUT2D eigenvalue weighted by Gasteiger charge is -2.18. The molecule has 1 aromatic carbocycles. The highest BCUT2D eigenvalue weighted by Gasteiger charge is 2.14. The summed E-state index contributed by atoms with van der Waals surface area (Å²) in [5.41, 5.74) is 8.67. The molecule has 98 valence electrons. The summed E-state index contributed by atoms with van der Waals surface area (Å²) < 4.78 is 5.88. The smallest absolute Gasteiger partial charge is 0.160 e. The van der Waals surface area contributed by atoms with Crippen LogP contribution in [0.3, 0.4) is 0 Å². The highest BCUT2D eigenvalue weighted by atomic mass is 79.9. The van der Waals surface area contributed by atoms with E-state index in [4.69, 9.17) is 10.4 Å².